The van der Waals surface area contributed by atoms with Gasteiger partial charge in [-0.25, -0.2) is 4.79 Å². The summed E-state index contributed by atoms with van der Waals surface area (Å²) >= 11 is 0. The number of hydrogen-bond donors (Lipinski definition) is 1. The van der Waals surface area contributed by atoms with Crippen LogP contribution in [0.4, 0.5) is 0 Å². The number of carboxylic acids is 1. The number of ketones is 1. The molecule has 1 rings (SSSR count). The number of ether oxygens (including phenoxy) is 2. The van der Waals surface area contributed by atoms with E-state index in [-0.39, 0.29) is 23.7 Å². The second kappa shape index (κ2) is 14.5. The van der Waals surface area contributed by atoms with Crippen LogP contribution in [0.5, 0.6) is 0 Å². The number of unbranched alkanes of at least 4 members (excludes halogenated alkanes) is 4. The molecule has 1 aliphatic rings. The van der Waals surface area contributed by atoms with E-state index in [9.17, 15) is 9.59 Å². The Morgan fingerprint density at radius 1 is 1.18 bits per heavy atom. The van der Waals surface area contributed by atoms with Crippen LogP contribution >= 0.6 is 0 Å². The van der Waals surface area contributed by atoms with Crippen molar-refractivity contribution in [2.75, 3.05) is 13.7 Å². The summed E-state index contributed by atoms with van der Waals surface area (Å²) in [5, 5.41) is 9.09. The molecule has 1 N–H and O–H groups in total. The lowest BCUT2D eigenvalue weighted by Gasteiger charge is -2.18. The quantitative estimate of drug-likeness (QED) is 0.314. The van der Waals surface area contributed by atoms with Crippen molar-refractivity contribution >= 4 is 11.8 Å². The smallest absolute Gasteiger partial charge is 0.332 e. The van der Waals surface area contributed by atoms with Crippen molar-refractivity contribution in [3.8, 4) is 0 Å². The average Bonchev–Trinajstić information content (AvgIpc) is 2.98. The van der Waals surface area contributed by atoms with Crippen molar-refractivity contribution in [2.45, 2.75) is 83.8 Å². The van der Waals surface area contributed by atoms with Gasteiger partial charge in [-0.05, 0) is 39.0 Å². The Kier molecular flexibility index (Phi) is 12.8. The Bertz CT molecular complexity index is 511. The minimum Gasteiger partial charge on any atom is -0.479 e. The highest BCUT2D eigenvalue weighted by Crippen LogP contribution is 2.35. The number of rotatable bonds is 15. The van der Waals surface area contributed by atoms with Gasteiger partial charge in [0, 0.05) is 32.0 Å². The lowest BCUT2D eigenvalue weighted by Crippen LogP contribution is -2.23. The van der Waals surface area contributed by atoms with Gasteiger partial charge in [-0.15, -0.1) is 0 Å². The van der Waals surface area contributed by atoms with Crippen molar-refractivity contribution in [2.24, 2.45) is 11.8 Å². The zero-order chi connectivity index (χ0) is 20.8. The molecule has 5 nitrogen and oxygen atoms in total. The van der Waals surface area contributed by atoms with Gasteiger partial charge in [0.2, 0.25) is 0 Å². The molecule has 0 aromatic heterocycles. The molecule has 0 bridgehead atoms. The second-order valence-corrected chi connectivity index (χ2v) is 7.47. The van der Waals surface area contributed by atoms with Crippen LogP contribution in [-0.4, -0.2) is 42.8 Å². The summed E-state index contributed by atoms with van der Waals surface area (Å²) in [5.74, 6) is -0.582. The lowest BCUT2D eigenvalue weighted by molar-refractivity contribution is -0.150. The summed E-state index contributed by atoms with van der Waals surface area (Å²) < 4.78 is 10.8. The largest absolute Gasteiger partial charge is 0.479 e. The normalized spacial score (nSPS) is 23.8. The van der Waals surface area contributed by atoms with Crippen LogP contribution in [0.2, 0.25) is 0 Å². The third kappa shape index (κ3) is 8.70. The van der Waals surface area contributed by atoms with Crippen LogP contribution < -0.4 is 0 Å². The third-order valence-electron chi connectivity index (χ3n) is 5.39. The molecular formula is C23H38O5. The first-order valence-corrected chi connectivity index (χ1v) is 10.8. The van der Waals surface area contributed by atoms with Crippen molar-refractivity contribution in [1.82, 2.24) is 0 Å². The molecule has 0 amide bonds. The van der Waals surface area contributed by atoms with Crippen molar-refractivity contribution in [1.29, 1.82) is 0 Å². The summed E-state index contributed by atoms with van der Waals surface area (Å²) in [7, 11) is 1.68. The van der Waals surface area contributed by atoms with E-state index in [4.69, 9.17) is 14.6 Å². The van der Waals surface area contributed by atoms with Gasteiger partial charge in [0.05, 0.1) is 6.10 Å². The van der Waals surface area contributed by atoms with Gasteiger partial charge in [-0.2, -0.15) is 0 Å². The molecular weight excluding hydrogens is 356 g/mol. The van der Waals surface area contributed by atoms with Crippen molar-refractivity contribution < 1.29 is 24.2 Å². The van der Waals surface area contributed by atoms with E-state index in [0.29, 0.717) is 32.3 Å². The number of carbonyl (C=O) groups is 2. The van der Waals surface area contributed by atoms with Gasteiger partial charge in [0.1, 0.15) is 5.78 Å². The Labute approximate surface area is 170 Å². The highest BCUT2D eigenvalue weighted by molar-refractivity contribution is 5.84. The topological polar surface area (TPSA) is 72.8 Å². The fourth-order valence-corrected chi connectivity index (χ4v) is 3.78. The van der Waals surface area contributed by atoms with Gasteiger partial charge in [-0.1, -0.05) is 50.5 Å². The minimum atomic E-state index is -0.923. The minimum absolute atomic E-state index is 0.0351. The highest BCUT2D eigenvalue weighted by Gasteiger charge is 2.40. The number of carbonyl (C=O) groups excluding carboxylic acids is 1. The molecule has 1 aliphatic carbocycles. The SMILES string of the molecule is CCCCCC/C=C/[C@H]1[C@H](OC)CC(=O)[C@@H]1C/C=C\CCC(OCC)C(=O)O. The van der Waals surface area contributed by atoms with E-state index in [1.54, 1.807) is 14.0 Å². The van der Waals surface area contributed by atoms with E-state index in [0.717, 1.165) is 6.42 Å². The summed E-state index contributed by atoms with van der Waals surface area (Å²) in [4.78, 5) is 23.5. The fraction of sp³-hybridized carbons (Fsp3) is 0.739. The van der Waals surface area contributed by atoms with E-state index >= 15 is 0 Å². The zero-order valence-corrected chi connectivity index (χ0v) is 17.8. The number of allylic oxidation sites excluding steroid dienone is 3. The van der Waals surface area contributed by atoms with Crippen LogP contribution in [0.25, 0.3) is 0 Å². The second-order valence-electron chi connectivity index (χ2n) is 7.47. The molecule has 0 radical (unpaired) electrons. The van der Waals surface area contributed by atoms with Gasteiger partial charge < -0.3 is 14.6 Å². The Balaban J connectivity index is 2.51. The van der Waals surface area contributed by atoms with Crippen LogP contribution in [0, 0.1) is 11.8 Å². The maximum atomic E-state index is 12.4. The molecule has 0 saturated heterocycles. The van der Waals surface area contributed by atoms with Crippen molar-refractivity contribution in [3.63, 3.8) is 0 Å². The van der Waals surface area contributed by atoms with Gasteiger partial charge in [0.15, 0.2) is 6.10 Å². The number of carboxylic acid groups (broad SMARTS) is 1. The summed E-state index contributed by atoms with van der Waals surface area (Å²) in [6.07, 6.45) is 15.8. The maximum Gasteiger partial charge on any atom is 0.332 e. The zero-order valence-electron chi connectivity index (χ0n) is 17.8. The Morgan fingerprint density at radius 3 is 2.61 bits per heavy atom. The van der Waals surface area contributed by atoms with E-state index in [1.165, 1.54) is 25.7 Å². The molecule has 1 saturated carbocycles. The molecule has 28 heavy (non-hydrogen) atoms. The van der Waals surface area contributed by atoms with Gasteiger partial charge >= 0.3 is 5.97 Å². The molecule has 0 aromatic rings. The molecule has 1 fully saturated rings. The first kappa shape index (κ1) is 24.6. The van der Waals surface area contributed by atoms with E-state index in [1.807, 2.05) is 12.2 Å². The Hall–Kier alpha value is -1.46. The molecule has 0 heterocycles. The monoisotopic (exact) mass is 394 g/mol. The molecule has 0 aliphatic heterocycles. The summed E-state index contributed by atoms with van der Waals surface area (Å²) in [6, 6.07) is 0. The van der Waals surface area contributed by atoms with Crippen LogP contribution in [0.1, 0.15) is 71.6 Å². The van der Waals surface area contributed by atoms with Crippen LogP contribution in [0.3, 0.4) is 0 Å². The van der Waals surface area contributed by atoms with Gasteiger partial charge in [0.25, 0.3) is 0 Å². The first-order valence-electron chi connectivity index (χ1n) is 10.8. The maximum absolute atomic E-state index is 12.4. The number of aliphatic carboxylic acids is 1. The number of methoxy groups -OCH3 is 1. The standard InChI is InChI=1S/C23H38O5/c1-4-6-7-8-9-11-15-19-18(20(24)17-22(19)27-3)14-12-10-13-16-21(23(25)26)28-5-2/h10-12,15,18-19,21-22H,4-9,13-14,16-17H2,1-3H3,(H,25,26)/b12-10-,15-11+/t18-,19-,21?,22-/m1/s1. The van der Waals surface area contributed by atoms with E-state index in [2.05, 4.69) is 19.1 Å². The third-order valence-corrected chi connectivity index (χ3v) is 5.39. The predicted octanol–water partition coefficient (Wildman–Crippen LogP) is 4.95. The molecule has 0 aromatic carbocycles. The molecule has 160 valence electrons. The molecule has 4 atom stereocenters. The Morgan fingerprint density at radius 2 is 1.96 bits per heavy atom. The average molecular weight is 395 g/mol. The fourth-order valence-electron chi connectivity index (χ4n) is 3.78. The number of Topliss-reactive ketones (excluding diaryl/α,β-unsaturated/α-hetero) is 1. The van der Waals surface area contributed by atoms with Gasteiger partial charge in [-0.3, -0.25) is 4.79 Å². The first-order chi connectivity index (χ1) is 13.5. The highest BCUT2D eigenvalue weighted by atomic mass is 16.5. The molecule has 0 spiro atoms. The van der Waals surface area contributed by atoms with Crippen LogP contribution in [-0.2, 0) is 19.1 Å². The molecule has 1 unspecified atom stereocenters. The van der Waals surface area contributed by atoms with E-state index < -0.39 is 12.1 Å². The number of hydrogen-bond acceptors (Lipinski definition) is 4. The van der Waals surface area contributed by atoms with Crippen molar-refractivity contribution in [3.05, 3.63) is 24.3 Å². The molecule has 5 heteroatoms. The predicted molar refractivity (Wildman–Crippen MR) is 111 cm³/mol. The lowest BCUT2D eigenvalue weighted by atomic mass is 9.90. The summed E-state index contributed by atoms with van der Waals surface area (Å²) in [5.41, 5.74) is 0. The summed E-state index contributed by atoms with van der Waals surface area (Å²) in [6.45, 7) is 4.39. The van der Waals surface area contributed by atoms with Crippen LogP contribution in [0.15, 0.2) is 24.3 Å².